The van der Waals surface area contributed by atoms with E-state index in [-0.39, 0.29) is 18.0 Å². The largest absolute Gasteiger partial charge is 0.453 e. The van der Waals surface area contributed by atoms with Gasteiger partial charge in [-0.25, -0.2) is 13.9 Å². The first-order valence-corrected chi connectivity index (χ1v) is 12.5. The molecule has 0 bridgehead atoms. The number of hydrogen-bond donors (Lipinski definition) is 1. The number of alkyl carbamates (subject to hydrolysis) is 1. The summed E-state index contributed by atoms with van der Waals surface area (Å²) in [5.74, 6) is -0.0590. The summed E-state index contributed by atoms with van der Waals surface area (Å²) in [4.78, 5) is 26.8. The number of nitrogens with zero attached hydrogens (tertiary/aromatic N) is 3. The number of carbonyl (C=O) groups excluding carboxylic acids is 2. The van der Waals surface area contributed by atoms with E-state index in [1.54, 1.807) is 0 Å². The number of halogens is 1. The molecular weight excluding hydrogens is 451 g/mol. The number of alkyl halides is 1. The van der Waals surface area contributed by atoms with Crippen LogP contribution in [0.4, 0.5) is 9.18 Å². The second kappa shape index (κ2) is 11.7. The van der Waals surface area contributed by atoms with Crippen molar-refractivity contribution in [3.63, 3.8) is 0 Å². The van der Waals surface area contributed by atoms with Gasteiger partial charge in [0.2, 0.25) is 0 Å². The molecule has 2 aliphatic rings. The summed E-state index contributed by atoms with van der Waals surface area (Å²) < 4.78 is 25.6. The molecule has 2 aromatic rings. The van der Waals surface area contributed by atoms with E-state index in [1.165, 1.54) is 7.11 Å². The lowest BCUT2D eigenvalue weighted by Crippen LogP contribution is -2.46. The van der Waals surface area contributed by atoms with E-state index >= 15 is 0 Å². The first-order valence-electron chi connectivity index (χ1n) is 12.5. The summed E-state index contributed by atoms with van der Waals surface area (Å²) in [6.45, 7) is 1.93. The lowest BCUT2D eigenvalue weighted by molar-refractivity contribution is -0.156. The predicted octanol–water partition coefficient (Wildman–Crippen LogP) is 4.12. The molecule has 1 aromatic carbocycles. The number of aromatic nitrogens is 2. The Kier molecular flexibility index (Phi) is 8.38. The van der Waals surface area contributed by atoms with Crippen LogP contribution in [0.5, 0.6) is 0 Å². The molecule has 0 radical (unpaired) electrons. The standard InChI is InChI=1S/C26H35FN4O4/c1-18(30(19-13-14-19)25(32)24-12-6-11-22(17-27)35-24)23-16-21(10-7-15-28-26(33)34-2)31(29-23)20-8-4-3-5-9-20/h3-5,8-9,16,18-19,22,24H,6-7,10-15,17H2,1-2H3,(H,28,33)/t18-,22+,24-/m1/s1. The fourth-order valence-electron chi connectivity index (χ4n) is 4.69. The Hall–Kier alpha value is -2.94. The Balaban J connectivity index is 1.54. The van der Waals surface area contributed by atoms with E-state index in [4.69, 9.17) is 9.84 Å². The topological polar surface area (TPSA) is 85.7 Å². The third-order valence-electron chi connectivity index (χ3n) is 6.70. The molecule has 9 heteroatoms. The molecule has 0 spiro atoms. The lowest BCUT2D eigenvalue weighted by Gasteiger charge is -2.35. The minimum Gasteiger partial charge on any atom is -0.453 e. The third-order valence-corrected chi connectivity index (χ3v) is 6.70. The molecule has 1 aliphatic heterocycles. The minimum absolute atomic E-state index is 0.0590. The molecule has 190 valence electrons. The maximum absolute atomic E-state index is 13.5. The molecule has 1 aliphatic carbocycles. The van der Waals surface area contributed by atoms with Gasteiger partial charge in [0.15, 0.2) is 0 Å². The Bertz CT molecular complexity index is 994. The maximum Gasteiger partial charge on any atom is 0.406 e. The van der Waals surface area contributed by atoms with E-state index in [0.29, 0.717) is 32.2 Å². The smallest absolute Gasteiger partial charge is 0.406 e. The summed E-state index contributed by atoms with van der Waals surface area (Å²) in [5, 5.41) is 7.62. The van der Waals surface area contributed by atoms with Crippen LogP contribution >= 0.6 is 0 Å². The first-order chi connectivity index (χ1) is 17.0. The van der Waals surface area contributed by atoms with Crippen molar-refractivity contribution in [3.8, 4) is 5.69 Å². The van der Waals surface area contributed by atoms with Gasteiger partial charge in [-0.1, -0.05) is 18.2 Å². The van der Waals surface area contributed by atoms with Crippen molar-refractivity contribution < 1.29 is 23.5 Å². The fraction of sp³-hybridized carbons (Fsp3) is 0.577. The van der Waals surface area contributed by atoms with Crippen molar-refractivity contribution in [2.24, 2.45) is 0 Å². The van der Waals surface area contributed by atoms with Crippen LogP contribution < -0.4 is 5.32 Å². The van der Waals surface area contributed by atoms with Crippen molar-refractivity contribution in [2.75, 3.05) is 20.3 Å². The van der Waals surface area contributed by atoms with E-state index in [9.17, 15) is 14.0 Å². The Labute approximate surface area is 205 Å². The van der Waals surface area contributed by atoms with Crippen LogP contribution in [0.15, 0.2) is 36.4 Å². The molecule has 3 atom stereocenters. The molecule has 1 saturated heterocycles. The van der Waals surface area contributed by atoms with Gasteiger partial charge in [-0.05, 0) is 70.1 Å². The fourth-order valence-corrected chi connectivity index (χ4v) is 4.69. The SMILES string of the molecule is COC(=O)NCCCc1cc([C@@H](C)N(C(=O)[C@H]2CCC[C@@H](CF)O2)C2CC2)nn1-c1ccccc1. The average molecular weight is 487 g/mol. The number of hydrogen-bond acceptors (Lipinski definition) is 5. The Morgan fingerprint density at radius 2 is 2.03 bits per heavy atom. The molecular formula is C26H35FN4O4. The van der Waals surface area contributed by atoms with Crippen LogP contribution in [0.3, 0.4) is 0 Å². The summed E-state index contributed by atoms with van der Waals surface area (Å²) >= 11 is 0. The van der Waals surface area contributed by atoms with Crippen LogP contribution in [-0.2, 0) is 20.7 Å². The number of amides is 2. The van der Waals surface area contributed by atoms with Crippen molar-refractivity contribution in [2.45, 2.75) is 76.2 Å². The first kappa shape index (κ1) is 25.2. The maximum atomic E-state index is 13.5. The molecule has 2 fully saturated rings. The number of carbonyl (C=O) groups is 2. The molecule has 1 N–H and O–H groups in total. The third kappa shape index (κ3) is 6.20. The van der Waals surface area contributed by atoms with Gasteiger partial charge in [-0.2, -0.15) is 5.10 Å². The van der Waals surface area contributed by atoms with Crippen LogP contribution in [0.1, 0.15) is 62.9 Å². The highest BCUT2D eigenvalue weighted by Crippen LogP contribution is 2.36. The molecule has 2 amide bonds. The van der Waals surface area contributed by atoms with Gasteiger partial charge in [-0.15, -0.1) is 0 Å². The normalized spacial score (nSPS) is 20.8. The molecule has 4 rings (SSSR count). The van der Waals surface area contributed by atoms with Gasteiger partial charge >= 0.3 is 6.09 Å². The predicted molar refractivity (Wildman–Crippen MR) is 129 cm³/mol. The van der Waals surface area contributed by atoms with Gasteiger partial charge in [0.05, 0.1) is 30.6 Å². The van der Waals surface area contributed by atoms with Crippen LogP contribution in [0, 0.1) is 0 Å². The van der Waals surface area contributed by atoms with Gasteiger partial charge in [0, 0.05) is 18.3 Å². The molecule has 8 nitrogen and oxygen atoms in total. The van der Waals surface area contributed by atoms with Crippen LogP contribution in [0.2, 0.25) is 0 Å². The highest BCUT2D eigenvalue weighted by atomic mass is 19.1. The molecule has 1 saturated carbocycles. The van der Waals surface area contributed by atoms with E-state index in [0.717, 1.165) is 36.3 Å². The number of benzene rings is 1. The van der Waals surface area contributed by atoms with Crippen LogP contribution in [0.25, 0.3) is 5.69 Å². The summed E-state index contributed by atoms with van der Waals surface area (Å²) in [5.41, 5.74) is 2.75. The zero-order chi connectivity index (χ0) is 24.8. The zero-order valence-corrected chi connectivity index (χ0v) is 20.5. The highest BCUT2D eigenvalue weighted by molar-refractivity contribution is 5.82. The Morgan fingerprint density at radius 1 is 1.26 bits per heavy atom. The number of aryl methyl sites for hydroxylation is 1. The summed E-state index contributed by atoms with van der Waals surface area (Å²) in [7, 11) is 1.34. The quantitative estimate of drug-likeness (QED) is 0.511. The molecule has 35 heavy (non-hydrogen) atoms. The van der Waals surface area contributed by atoms with Crippen molar-refractivity contribution in [1.29, 1.82) is 0 Å². The molecule has 0 unspecified atom stereocenters. The zero-order valence-electron chi connectivity index (χ0n) is 20.5. The number of methoxy groups -OCH3 is 1. The summed E-state index contributed by atoms with van der Waals surface area (Å²) in [6.07, 6.45) is 3.88. The van der Waals surface area contributed by atoms with E-state index < -0.39 is 25.0 Å². The second-order valence-electron chi connectivity index (χ2n) is 9.31. The number of nitrogens with one attached hydrogen (secondary N) is 1. The second-order valence-corrected chi connectivity index (χ2v) is 9.31. The van der Waals surface area contributed by atoms with Gasteiger partial charge in [0.25, 0.3) is 5.91 Å². The molecule has 2 heterocycles. The summed E-state index contributed by atoms with van der Waals surface area (Å²) in [6, 6.07) is 11.9. The average Bonchev–Trinajstić information content (AvgIpc) is 3.64. The minimum atomic E-state index is -0.590. The van der Waals surface area contributed by atoms with Crippen molar-refractivity contribution in [1.82, 2.24) is 20.0 Å². The van der Waals surface area contributed by atoms with Crippen molar-refractivity contribution in [3.05, 3.63) is 47.8 Å². The Morgan fingerprint density at radius 3 is 2.71 bits per heavy atom. The molecule has 1 aromatic heterocycles. The van der Waals surface area contributed by atoms with Gasteiger partial charge < -0.3 is 19.7 Å². The van der Waals surface area contributed by atoms with Gasteiger partial charge in [-0.3, -0.25) is 4.79 Å². The van der Waals surface area contributed by atoms with Gasteiger partial charge in [0.1, 0.15) is 12.8 Å². The number of rotatable bonds is 10. The van der Waals surface area contributed by atoms with Crippen molar-refractivity contribution >= 4 is 12.0 Å². The number of ether oxygens (including phenoxy) is 2. The van der Waals surface area contributed by atoms with E-state index in [2.05, 4.69) is 10.1 Å². The monoisotopic (exact) mass is 486 g/mol. The van der Waals surface area contributed by atoms with Crippen LogP contribution in [-0.4, -0.2) is 65.3 Å². The highest BCUT2D eigenvalue weighted by Gasteiger charge is 2.41. The number of para-hydroxylation sites is 1. The van der Waals surface area contributed by atoms with E-state index in [1.807, 2.05) is 52.9 Å². The lowest BCUT2D eigenvalue weighted by atomic mass is 10.0.